The lowest BCUT2D eigenvalue weighted by atomic mass is 9.82. The molecule has 12 atom stereocenters. The Bertz CT molecular complexity index is 1620. The van der Waals surface area contributed by atoms with E-state index in [1.54, 1.807) is 0 Å². The zero-order valence-electron chi connectivity index (χ0n) is 40.0. The Hall–Kier alpha value is -2.19. The van der Waals surface area contributed by atoms with Crippen molar-refractivity contribution in [2.75, 3.05) is 13.2 Å². The molecule has 0 aromatic heterocycles. The van der Waals surface area contributed by atoms with Crippen LogP contribution in [0.3, 0.4) is 0 Å². The summed E-state index contributed by atoms with van der Waals surface area (Å²) in [6.45, 7) is 2.52. The molecular formula is C47H82O19P2. The van der Waals surface area contributed by atoms with E-state index >= 15 is 0 Å². The quantitative estimate of drug-likeness (QED) is 0.0242. The third-order valence-electron chi connectivity index (χ3n) is 12.1. The molecule has 1 heterocycles. The van der Waals surface area contributed by atoms with Crippen molar-refractivity contribution in [3.05, 3.63) is 36.5 Å². The van der Waals surface area contributed by atoms with Gasteiger partial charge in [0, 0.05) is 25.2 Å². The van der Waals surface area contributed by atoms with Crippen LogP contribution in [0, 0.1) is 11.8 Å². The number of allylic oxidation sites excluding steroid dienone is 4. The first kappa shape index (κ1) is 61.9. The summed E-state index contributed by atoms with van der Waals surface area (Å²) in [5, 5.41) is 68.2. The summed E-state index contributed by atoms with van der Waals surface area (Å²) in [7, 11) is -11.5. The van der Waals surface area contributed by atoms with Gasteiger partial charge in [-0.15, -0.1) is 0 Å². The summed E-state index contributed by atoms with van der Waals surface area (Å²) in [6, 6.07) is 0. The van der Waals surface area contributed by atoms with E-state index in [2.05, 4.69) is 31.2 Å². The Labute approximate surface area is 402 Å². The first-order valence-electron chi connectivity index (χ1n) is 24.6. The van der Waals surface area contributed by atoms with Crippen LogP contribution in [0.5, 0.6) is 0 Å². The van der Waals surface area contributed by atoms with Crippen LogP contribution < -0.4 is 0 Å². The SMILES string of the molecule is CCCCC/C=C\C/C=C\CCCCCCCC(=O)O[C@@H]1COC(=O)CCCCCC[C@@H]2[C@@H](O)[C@H](O)[C@@H](O)[C@H](OP(=O)(O)OC1)[C@H](OP(=O)(O)O)[C@H](O)[C@@H](/C=C/[C@@H](O)CCCCC)C(=O)C[C@@H]2O. The molecule has 21 heteroatoms. The van der Waals surface area contributed by atoms with Gasteiger partial charge in [-0.2, -0.15) is 0 Å². The monoisotopic (exact) mass is 1010 g/mol. The van der Waals surface area contributed by atoms with Crippen LogP contribution in [0.1, 0.15) is 162 Å². The number of unbranched alkanes of at least 4 members (excludes halogenated alkanes) is 10. The van der Waals surface area contributed by atoms with Crippen molar-refractivity contribution in [1.29, 1.82) is 0 Å². The lowest BCUT2D eigenvalue weighted by Gasteiger charge is -2.38. The molecule has 0 aromatic carbocycles. The van der Waals surface area contributed by atoms with Gasteiger partial charge >= 0.3 is 27.6 Å². The second-order valence-electron chi connectivity index (χ2n) is 18.0. The van der Waals surface area contributed by atoms with E-state index in [4.69, 9.17) is 23.0 Å². The molecule has 2 fully saturated rings. The van der Waals surface area contributed by atoms with Gasteiger partial charge in [0.2, 0.25) is 0 Å². The van der Waals surface area contributed by atoms with Crippen LogP contribution >= 0.6 is 15.6 Å². The zero-order valence-corrected chi connectivity index (χ0v) is 41.8. The van der Waals surface area contributed by atoms with E-state index in [-0.39, 0.29) is 32.1 Å². The summed E-state index contributed by atoms with van der Waals surface area (Å²) in [5.74, 6) is -5.66. The number of carbonyl (C=O) groups is 3. The molecular weight excluding hydrogens is 930 g/mol. The van der Waals surface area contributed by atoms with Crippen LogP contribution in [-0.2, 0) is 46.6 Å². The molecule has 1 aliphatic carbocycles. The van der Waals surface area contributed by atoms with Gasteiger partial charge in [0.15, 0.2) is 6.10 Å². The number of phosphoric acid groups is 2. The van der Waals surface area contributed by atoms with Crippen LogP contribution in [0.2, 0.25) is 0 Å². The van der Waals surface area contributed by atoms with Gasteiger partial charge in [0.05, 0.1) is 36.9 Å². The number of ketones is 1. The lowest BCUT2D eigenvalue weighted by Crippen LogP contribution is -2.56. The molecule has 0 spiro atoms. The summed E-state index contributed by atoms with van der Waals surface area (Å²) >= 11 is 0. The average Bonchev–Trinajstić information content (AvgIpc) is 3.28. The second-order valence-corrected chi connectivity index (χ2v) is 20.6. The van der Waals surface area contributed by atoms with E-state index in [0.717, 1.165) is 63.5 Å². The molecule has 19 nitrogen and oxygen atoms in total. The summed E-state index contributed by atoms with van der Waals surface area (Å²) in [5.41, 5.74) is 0. The number of cyclic esters (lactones) is 1. The maximum atomic E-state index is 13.9. The minimum atomic E-state index is -5.79. The Kier molecular flexibility index (Phi) is 31.2. The molecule has 0 amide bonds. The number of carbonyl (C=O) groups excluding carboxylic acids is 3. The van der Waals surface area contributed by atoms with E-state index in [0.29, 0.717) is 38.5 Å². The maximum Gasteiger partial charge on any atom is 0.472 e. The van der Waals surface area contributed by atoms with Crippen molar-refractivity contribution in [1.82, 2.24) is 0 Å². The number of hydrogen-bond donors (Lipinski definition) is 9. The predicted molar refractivity (Wildman–Crippen MR) is 251 cm³/mol. The van der Waals surface area contributed by atoms with Gasteiger partial charge in [-0.05, 0) is 57.8 Å². The van der Waals surface area contributed by atoms with Crippen molar-refractivity contribution in [3.8, 4) is 0 Å². The highest BCUT2D eigenvalue weighted by molar-refractivity contribution is 7.47. The number of Topliss-reactive ketones (excluding diaryl/α,β-unsaturated/α-hetero) is 1. The Morgan fingerprint density at radius 2 is 1.44 bits per heavy atom. The number of fused-ring (bicyclic) bond motifs is 4. The summed E-state index contributed by atoms with van der Waals surface area (Å²) in [4.78, 5) is 70.7. The number of aliphatic hydroxyl groups is 6. The largest absolute Gasteiger partial charge is 0.472 e. The Morgan fingerprint density at radius 3 is 2.12 bits per heavy atom. The molecule has 68 heavy (non-hydrogen) atoms. The maximum absolute atomic E-state index is 13.9. The Morgan fingerprint density at radius 1 is 0.809 bits per heavy atom. The van der Waals surface area contributed by atoms with Crippen LogP contribution in [0.25, 0.3) is 0 Å². The fourth-order valence-corrected chi connectivity index (χ4v) is 9.68. The summed E-state index contributed by atoms with van der Waals surface area (Å²) < 4.78 is 52.2. The van der Waals surface area contributed by atoms with Crippen molar-refractivity contribution in [2.45, 2.75) is 216 Å². The molecule has 0 aromatic rings. The number of aliphatic hydroxyl groups excluding tert-OH is 6. The third kappa shape index (κ3) is 25.8. The highest BCUT2D eigenvalue weighted by atomic mass is 31.2. The van der Waals surface area contributed by atoms with E-state index in [1.165, 1.54) is 19.3 Å². The highest BCUT2D eigenvalue weighted by Gasteiger charge is 2.51. The normalized spacial score (nSPS) is 30.8. The minimum Gasteiger partial charge on any atom is -0.462 e. The molecule has 1 unspecified atom stereocenters. The molecule has 394 valence electrons. The van der Waals surface area contributed by atoms with E-state index in [1.807, 2.05) is 6.92 Å². The number of rotatable bonds is 23. The summed E-state index contributed by atoms with van der Waals surface area (Å²) in [6.07, 6.45) is 4.89. The number of hydrogen-bond acceptors (Lipinski definition) is 16. The third-order valence-corrected chi connectivity index (χ3v) is 13.6. The second kappa shape index (κ2) is 34.2. The number of esters is 2. The van der Waals surface area contributed by atoms with Gasteiger partial charge in [-0.25, -0.2) is 9.13 Å². The molecule has 2 aliphatic rings. The zero-order chi connectivity index (χ0) is 50.5. The van der Waals surface area contributed by atoms with Gasteiger partial charge in [0.25, 0.3) is 0 Å². The van der Waals surface area contributed by atoms with Crippen LogP contribution in [0.4, 0.5) is 0 Å². The van der Waals surface area contributed by atoms with Crippen LogP contribution in [-0.4, -0.2) is 131 Å². The van der Waals surface area contributed by atoms with Crippen molar-refractivity contribution < 1.29 is 91.9 Å². The van der Waals surface area contributed by atoms with Crippen molar-refractivity contribution >= 4 is 33.4 Å². The van der Waals surface area contributed by atoms with Crippen molar-refractivity contribution in [2.24, 2.45) is 11.8 Å². The predicted octanol–water partition coefficient (Wildman–Crippen LogP) is 6.10. The van der Waals surface area contributed by atoms with Gasteiger partial charge in [0.1, 0.15) is 36.8 Å². The van der Waals surface area contributed by atoms with Gasteiger partial charge < -0.3 is 54.8 Å². The molecule has 9 N–H and O–H groups in total. The van der Waals surface area contributed by atoms with Crippen LogP contribution in [0.15, 0.2) is 36.5 Å². The molecule has 0 radical (unpaired) electrons. The standard InChI is InChI=1S/C47H82O19P2/c1-3-5-7-8-9-10-11-12-13-14-15-16-17-18-24-28-41(52)64-35-32-62-40(51)27-23-20-19-22-26-36-38(49)31-39(50)37(30-29-34(48)25-21-6-4-2)43(54)46(65-67(57,58)59)47(45(56)44(55)42(36)53)66-68(60,61)63-33-35/h9-10,12-13,29-30,34-38,42-49,53-56H,3-8,11,14-28,31-33H2,1-2H3,(H,60,61)(H2,57,58,59)/b10-9-,13-12-,30-29+/t34-,35+,36-,37-,38-,42+,43+,44-,45+,46+,47-/m0/s1. The molecule has 1 saturated carbocycles. The smallest absolute Gasteiger partial charge is 0.462 e. The molecule has 2 bridgehead atoms. The Balaban J connectivity index is 2.36. The first-order valence-corrected chi connectivity index (χ1v) is 27.7. The van der Waals surface area contributed by atoms with Gasteiger partial charge in [-0.1, -0.05) is 121 Å². The lowest BCUT2D eigenvalue weighted by molar-refractivity contribution is -0.165. The first-order chi connectivity index (χ1) is 32.3. The van der Waals surface area contributed by atoms with Gasteiger partial charge in [-0.3, -0.25) is 28.0 Å². The number of ether oxygens (including phenoxy) is 2. The van der Waals surface area contributed by atoms with Crippen molar-refractivity contribution in [3.63, 3.8) is 0 Å². The minimum absolute atomic E-state index is 0.0459. The molecule has 1 aliphatic heterocycles. The fraction of sp³-hybridized carbons (Fsp3) is 0.809. The highest BCUT2D eigenvalue weighted by Crippen LogP contribution is 2.49. The molecule has 2 rings (SSSR count). The molecule has 1 saturated heterocycles. The fourth-order valence-electron chi connectivity index (χ4n) is 8.15. The van der Waals surface area contributed by atoms with E-state index in [9.17, 15) is 68.8 Å². The topological polar surface area (TPSA) is 314 Å². The van der Waals surface area contributed by atoms with E-state index < -0.39 is 120 Å². The number of phosphoric ester groups is 2. The average molecular weight is 1010 g/mol.